The summed E-state index contributed by atoms with van der Waals surface area (Å²) < 4.78 is 1.93. The largest absolute Gasteiger partial charge is 0.305 e. The first-order chi connectivity index (χ1) is 13.3. The molecule has 0 bridgehead atoms. The van der Waals surface area contributed by atoms with Crippen molar-refractivity contribution < 1.29 is 20.1 Å². The van der Waals surface area contributed by atoms with E-state index in [1.54, 1.807) is 12.4 Å². The molecule has 2 heterocycles. The van der Waals surface area contributed by atoms with Gasteiger partial charge in [0.25, 0.3) is 0 Å². The van der Waals surface area contributed by atoms with Crippen LogP contribution in [0.5, 0.6) is 0 Å². The SMILES string of the molecule is CC1=C(n2cccn2)c2[c-]cccc2C1.[Ir].[c-]1ccccc1-c1ccccn1. The molecule has 28 heavy (non-hydrogen) atoms. The van der Waals surface area contributed by atoms with E-state index in [1.165, 1.54) is 22.4 Å². The van der Waals surface area contributed by atoms with Gasteiger partial charge in [0.1, 0.15) is 0 Å². The molecule has 2 aromatic heterocycles. The first-order valence-electron chi connectivity index (χ1n) is 8.91. The van der Waals surface area contributed by atoms with Gasteiger partial charge in [0.15, 0.2) is 0 Å². The Morgan fingerprint density at radius 2 is 1.75 bits per heavy atom. The minimum atomic E-state index is 0. The molecule has 0 spiro atoms. The second kappa shape index (κ2) is 9.41. The Labute approximate surface area is 179 Å². The predicted molar refractivity (Wildman–Crippen MR) is 108 cm³/mol. The number of pyridine rings is 1. The molecule has 0 aliphatic heterocycles. The normalized spacial score (nSPS) is 11.9. The fourth-order valence-electron chi connectivity index (χ4n) is 3.21. The molecule has 1 aliphatic carbocycles. The van der Waals surface area contributed by atoms with Gasteiger partial charge in [0.05, 0.1) is 0 Å². The Morgan fingerprint density at radius 3 is 2.46 bits per heavy atom. The third kappa shape index (κ3) is 4.36. The molecule has 0 amide bonds. The predicted octanol–water partition coefficient (Wildman–Crippen LogP) is 5.06. The molecule has 3 nitrogen and oxygen atoms in total. The first kappa shape index (κ1) is 19.9. The van der Waals surface area contributed by atoms with Crippen LogP contribution in [0.1, 0.15) is 18.1 Å². The van der Waals surface area contributed by atoms with Crippen molar-refractivity contribution in [1.29, 1.82) is 0 Å². The molecular weight excluding hydrogens is 523 g/mol. The van der Waals surface area contributed by atoms with Gasteiger partial charge in [-0.25, -0.2) is 0 Å². The first-order valence-corrected chi connectivity index (χ1v) is 8.91. The fraction of sp³-hybridized carbons (Fsp3) is 0.0833. The van der Waals surface area contributed by atoms with E-state index in [1.807, 2.05) is 71.5 Å². The van der Waals surface area contributed by atoms with Crippen molar-refractivity contribution in [2.75, 3.05) is 0 Å². The van der Waals surface area contributed by atoms with Gasteiger partial charge in [-0.15, -0.1) is 71.3 Å². The third-order valence-corrected chi connectivity index (χ3v) is 4.42. The van der Waals surface area contributed by atoms with Crippen LogP contribution >= 0.6 is 0 Å². The molecule has 0 N–H and O–H groups in total. The molecule has 0 saturated heterocycles. The summed E-state index contributed by atoms with van der Waals surface area (Å²) in [5, 5.41) is 4.29. The zero-order valence-electron chi connectivity index (χ0n) is 15.5. The van der Waals surface area contributed by atoms with Gasteiger partial charge in [-0.2, -0.15) is 5.10 Å². The minimum Gasteiger partial charge on any atom is -0.305 e. The summed E-state index contributed by atoms with van der Waals surface area (Å²) in [7, 11) is 0. The summed E-state index contributed by atoms with van der Waals surface area (Å²) in [4.78, 5) is 4.22. The quantitative estimate of drug-likeness (QED) is 0.332. The molecule has 2 aromatic carbocycles. The molecule has 1 aliphatic rings. The number of nitrogens with zero attached hydrogens (tertiary/aromatic N) is 3. The number of rotatable bonds is 2. The molecule has 141 valence electrons. The summed E-state index contributed by atoms with van der Waals surface area (Å²) in [5.74, 6) is 0. The maximum atomic E-state index is 4.29. The fourth-order valence-corrected chi connectivity index (χ4v) is 3.21. The zero-order valence-corrected chi connectivity index (χ0v) is 17.9. The summed E-state index contributed by atoms with van der Waals surface area (Å²) in [5.41, 5.74) is 7.10. The molecule has 1 radical (unpaired) electrons. The van der Waals surface area contributed by atoms with E-state index in [-0.39, 0.29) is 20.1 Å². The molecule has 5 rings (SSSR count). The van der Waals surface area contributed by atoms with Crippen molar-refractivity contribution in [2.24, 2.45) is 0 Å². The van der Waals surface area contributed by atoms with Crippen LogP contribution in [-0.2, 0) is 26.5 Å². The van der Waals surface area contributed by atoms with Gasteiger partial charge in [0.2, 0.25) is 0 Å². The average molecular weight is 542 g/mol. The van der Waals surface area contributed by atoms with Gasteiger partial charge >= 0.3 is 0 Å². The second-order valence-corrected chi connectivity index (χ2v) is 6.32. The van der Waals surface area contributed by atoms with Gasteiger partial charge < -0.3 is 4.98 Å². The Balaban J connectivity index is 0.000000159. The number of fused-ring (bicyclic) bond motifs is 1. The third-order valence-electron chi connectivity index (χ3n) is 4.42. The summed E-state index contributed by atoms with van der Waals surface area (Å²) in [6, 6.07) is 28.2. The molecule has 0 fully saturated rings. The molecule has 0 unspecified atom stereocenters. The van der Waals surface area contributed by atoms with Gasteiger partial charge in [-0.3, -0.25) is 4.68 Å². The standard InChI is InChI=1S/C13H11N2.C11H8N.Ir/c1-10-9-11-5-2-3-6-12(11)13(10)15-8-4-7-14-15;1-2-6-10(7-3-1)11-8-4-5-9-12-11;/h2-5,7-8H,9H2,1H3;1-6,8-9H;/q2*-1;. The topological polar surface area (TPSA) is 30.7 Å². The van der Waals surface area contributed by atoms with E-state index in [9.17, 15) is 0 Å². The van der Waals surface area contributed by atoms with E-state index in [2.05, 4.69) is 35.2 Å². The number of benzene rings is 2. The number of aromatic nitrogens is 3. The molecule has 4 heteroatoms. The summed E-state index contributed by atoms with van der Waals surface area (Å²) in [6.45, 7) is 2.16. The van der Waals surface area contributed by atoms with E-state index < -0.39 is 0 Å². The Morgan fingerprint density at radius 1 is 0.893 bits per heavy atom. The van der Waals surface area contributed by atoms with Crippen LogP contribution in [0.4, 0.5) is 0 Å². The van der Waals surface area contributed by atoms with Crippen molar-refractivity contribution in [3.05, 3.63) is 114 Å². The Kier molecular flexibility index (Phi) is 6.70. The van der Waals surface area contributed by atoms with Crippen molar-refractivity contribution in [3.8, 4) is 11.3 Å². The second-order valence-electron chi connectivity index (χ2n) is 6.32. The van der Waals surface area contributed by atoms with Crippen LogP contribution in [0.3, 0.4) is 0 Å². The van der Waals surface area contributed by atoms with E-state index in [0.717, 1.165) is 17.7 Å². The summed E-state index contributed by atoms with van der Waals surface area (Å²) >= 11 is 0. The van der Waals surface area contributed by atoms with Crippen LogP contribution < -0.4 is 0 Å². The maximum Gasteiger partial charge on any atom is 0.0484 e. The van der Waals surface area contributed by atoms with Crippen molar-refractivity contribution in [2.45, 2.75) is 13.3 Å². The van der Waals surface area contributed by atoms with E-state index >= 15 is 0 Å². The molecule has 0 saturated carbocycles. The number of hydrogen-bond acceptors (Lipinski definition) is 2. The van der Waals surface area contributed by atoms with Crippen molar-refractivity contribution in [1.82, 2.24) is 14.8 Å². The summed E-state index contributed by atoms with van der Waals surface area (Å²) in [6.07, 6.45) is 6.59. The Bertz CT molecular complexity index is 1000. The van der Waals surface area contributed by atoms with E-state index in [4.69, 9.17) is 0 Å². The van der Waals surface area contributed by atoms with Gasteiger partial charge in [-0.05, 0) is 29.9 Å². The van der Waals surface area contributed by atoms with Gasteiger partial charge in [-0.1, -0.05) is 24.6 Å². The average Bonchev–Trinajstić information content (AvgIpc) is 3.36. The molecular formula is C24H19IrN3-2. The van der Waals surface area contributed by atoms with Crippen molar-refractivity contribution in [3.63, 3.8) is 0 Å². The maximum absolute atomic E-state index is 4.29. The van der Waals surface area contributed by atoms with Crippen LogP contribution in [0, 0.1) is 12.1 Å². The van der Waals surface area contributed by atoms with E-state index in [0.29, 0.717) is 0 Å². The van der Waals surface area contributed by atoms with Crippen LogP contribution in [0.25, 0.3) is 17.0 Å². The molecule has 4 aromatic rings. The van der Waals surface area contributed by atoms with Crippen LogP contribution in [-0.4, -0.2) is 14.8 Å². The molecule has 0 atom stereocenters. The number of allylic oxidation sites excluding steroid dienone is 1. The smallest absolute Gasteiger partial charge is 0.0484 e. The monoisotopic (exact) mass is 542 g/mol. The van der Waals surface area contributed by atoms with Crippen LogP contribution in [0.2, 0.25) is 0 Å². The van der Waals surface area contributed by atoms with Gasteiger partial charge in [0, 0.05) is 38.7 Å². The minimum absolute atomic E-state index is 0. The number of hydrogen-bond donors (Lipinski definition) is 0. The van der Waals surface area contributed by atoms with Crippen molar-refractivity contribution >= 4 is 5.70 Å². The Hall–Kier alpha value is -2.81. The zero-order chi connectivity index (χ0) is 18.5. The van der Waals surface area contributed by atoms with Crippen LogP contribution in [0.15, 0.2) is 90.9 Å².